The molecule has 5 nitrogen and oxygen atoms in total. The SMILES string of the molecule is Cc1cc(-c2nnco2)ccc1NCc1cccnc1. The van der Waals surface area contributed by atoms with Crippen LogP contribution in [0.25, 0.3) is 11.5 Å². The van der Waals surface area contributed by atoms with Gasteiger partial charge in [0.05, 0.1) is 0 Å². The Morgan fingerprint density at radius 2 is 2.20 bits per heavy atom. The second-order valence-corrected chi connectivity index (χ2v) is 4.49. The van der Waals surface area contributed by atoms with Gasteiger partial charge in [-0.05, 0) is 42.3 Å². The molecule has 2 heterocycles. The number of rotatable bonds is 4. The van der Waals surface area contributed by atoms with Crippen LogP contribution in [0.3, 0.4) is 0 Å². The maximum absolute atomic E-state index is 5.19. The number of aromatic nitrogens is 3. The first-order valence-corrected chi connectivity index (χ1v) is 6.33. The highest BCUT2D eigenvalue weighted by Crippen LogP contribution is 2.23. The number of nitrogens with zero attached hydrogens (tertiary/aromatic N) is 3. The van der Waals surface area contributed by atoms with Crippen LogP contribution in [0.2, 0.25) is 0 Å². The predicted octanol–water partition coefficient (Wildman–Crippen LogP) is 3.05. The fraction of sp³-hybridized carbons (Fsp3) is 0.133. The summed E-state index contributed by atoms with van der Waals surface area (Å²) in [4.78, 5) is 4.10. The number of hydrogen-bond donors (Lipinski definition) is 1. The van der Waals surface area contributed by atoms with Crippen molar-refractivity contribution in [3.63, 3.8) is 0 Å². The van der Waals surface area contributed by atoms with Gasteiger partial charge in [0, 0.05) is 30.2 Å². The molecule has 0 aliphatic carbocycles. The number of pyridine rings is 1. The van der Waals surface area contributed by atoms with E-state index in [0.717, 1.165) is 28.9 Å². The van der Waals surface area contributed by atoms with Crippen molar-refractivity contribution in [1.29, 1.82) is 0 Å². The van der Waals surface area contributed by atoms with Gasteiger partial charge < -0.3 is 9.73 Å². The smallest absolute Gasteiger partial charge is 0.247 e. The summed E-state index contributed by atoms with van der Waals surface area (Å²) < 4.78 is 5.19. The van der Waals surface area contributed by atoms with Crippen LogP contribution < -0.4 is 5.32 Å². The van der Waals surface area contributed by atoms with Gasteiger partial charge >= 0.3 is 0 Å². The highest BCUT2D eigenvalue weighted by Gasteiger charge is 2.06. The third-order valence-corrected chi connectivity index (χ3v) is 3.04. The van der Waals surface area contributed by atoms with Gasteiger partial charge in [0.25, 0.3) is 0 Å². The average Bonchev–Trinajstić information content (AvgIpc) is 3.01. The Balaban J connectivity index is 1.75. The minimum absolute atomic E-state index is 0.534. The lowest BCUT2D eigenvalue weighted by molar-refractivity contribution is 0.568. The van der Waals surface area contributed by atoms with Crippen molar-refractivity contribution in [2.24, 2.45) is 0 Å². The summed E-state index contributed by atoms with van der Waals surface area (Å²) in [5.74, 6) is 0.534. The second kappa shape index (κ2) is 5.52. The van der Waals surface area contributed by atoms with Crippen molar-refractivity contribution >= 4 is 5.69 Å². The molecule has 0 spiro atoms. The Kier molecular flexibility index (Phi) is 3.41. The van der Waals surface area contributed by atoms with Crippen LogP contribution >= 0.6 is 0 Å². The summed E-state index contributed by atoms with van der Waals surface area (Å²) in [6.07, 6.45) is 4.96. The molecule has 1 N–H and O–H groups in total. The Bertz CT molecular complexity index is 680. The maximum Gasteiger partial charge on any atom is 0.247 e. The lowest BCUT2D eigenvalue weighted by atomic mass is 10.1. The van der Waals surface area contributed by atoms with E-state index in [9.17, 15) is 0 Å². The van der Waals surface area contributed by atoms with E-state index in [-0.39, 0.29) is 0 Å². The van der Waals surface area contributed by atoms with Gasteiger partial charge in [0.15, 0.2) is 0 Å². The van der Waals surface area contributed by atoms with Crippen molar-refractivity contribution < 1.29 is 4.42 Å². The molecule has 0 atom stereocenters. The minimum atomic E-state index is 0.534. The molecule has 1 aromatic carbocycles. The van der Waals surface area contributed by atoms with Gasteiger partial charge in [0.1, 0.15) is 0 Å². The topological polar surface area (TPSA) is 63.8 Å². The third-order valence-electron chi connectivity index (χ3n) is 3.04. The van der Waals surface area contributed by atoms with Crippen LogP contribution in [-0.4, -0.2) is 15.2 Å². The van der Waals surface area contributed by atoms with Crippen LogP contribution in [0.4, 0.5) is 5.69 Å². The summed E-state index contributed by atoms with van der Waals surface area (Å²) in [5.41, 5.74) is 4.28. The van der Waals surface area contributed by atoms with E-state index >= 15 is 0 Å². The maximum atomic E-state index is 5.19. The molecule has 0 radical (unpaired) electrons. The summed E-state index contributed by atoms with van der Waals surface area (Å²) in [6.45, 7) is 2.79. The van der Waals surface area contributed by atoms with Gasteiger partial charge in [-0.15, -0.1) is 10.2 Å². The summed E-state index contributed by atoms with van der Waals surface area (Å²) in [6, 6.07) is 9.99. The van der Waals surface area contributed by atoms with E-state index in [1.54, 1.807) is 6.20 Å². The summed E-state index contributed by atoms with van der Waals surface area (Å²) in [7, 11) is 0. The molecule has 100 valence electrons. The fourth-order valence-corrected chi connectivity index (χ4v) is 1.99. The Labute approximate surface area is 116 Å². The quantitative estimate of drug-likeness (QED) is 0.786. The number of benzene rings is 1. The molecule has 0 unspecified atom stereocenters. The number of hydrogen-bond acceptors (Lipinski definition) is 5. The van der Waals surface area contributed by atoms with E-state index in [1.165, 1.54) is 6.39 Å². The lowest BCUT2D eigenvalue weighted by Gasteiger charge is -2.10. The van der Waals surface area contributed by atoms with Crippen molar-refractivity contribution in [2.45, 2.75) is 13.5 Å². The molecule has 0 aliphatic rings. The fourth-order valence-electron chi connectivity index (χ4n) is 1.99. The van der Waals surface area contributed by atoms with Gasteiger partial charge in [-0.25, -0.2) is 0 Å². The van der Waals surface area contributed by atoms with Crippen LogP contribution in [-0.2, 0) is 6.54 Å². The average molecular weight is 266 g/mol. The van der Waals surface area contributed by atoms with E-state index in [2.05, 4.69) is 20.5 Å². The summed E-state index contributed by atoms with van der Waals surface area (Å²) in [5, 5.41) is 11.0. The monoisotopic (exact) mass is 266 g/mol. The van der Waals surface area contributed by atoms with Gasteiger partial charge in [0.2, 0.25) is 12.3 Å². The zero-order valence-corrected chi connectivity index (χ0v) is 11.1. The Morgan fingerprint density at radius 3 is 2.90 bits per heavy atom. The third kappa shape index (κ3) is 2.66. The second-order valence-electron chi connectivity index (χ2n) is 4.49. The zero-order valence-electron chi connectivity index (χ0n) is 11.1. The first-order valence-electron chi connectivity index (χ1n) is 6.33. The number of anilines is 1. The number of nitrogens with one attached hydrogen (secondary N) is 1. The molecule has 3 rings (SSSR count). The van der Waals surface area contributed by atoms with Crippen LogP contribution in [0.15, 0.2) is 53.5 Å². The predicted molar refractivity (Wildman–Crippen MR) is 76.0 cm³/mol. The van der Waals surface area contributed by atoms with Crippen LogP contribution in [0.1, 0.15) is 11.1 Å². The van der Waals surface area contributed by atoms with Gasteiger partial charge in [-0.1, -0.05) is 6.07 Å². The van der Waals surface area contributed by atoms with Crippen LogP contribution in [0, 0.1) is 6.92 Å². The molecule has 20 heavy (non-hydrogen) atoms. The highest BCUT2D eigenvalue weighted by atomic mass is 16.4. The summed E-state index contributed by atoms with van der Waals surface area (Å²) >= 11 is 0. The largest absolute Gasteiger partial charge is 0.423 e. The number of aryl methyl sites for hydroxylation is 1. The molecule has 0 bridgehead atoms. The molecule has 0 fully saturated rings. The zero-order chi connectivity index (χ0) is 13.8. The van der Waals surface area contributed by atoms with Crippen molar-refractivity contribution in [3.05, 3.63) is 60.2 Å². The molecular weight excluding hydrogens is 252 g/mol. The van der Waals surface area contributed by atoms with Crippen molar-refractivity contribution in [3.8, 4) is 11.5 Å². The Morgan fingerprint density at radius 1 is 1.25 bits per heavy atom. The van der Waals surface area contributed by atoms with E-state index in [0.29, 0.717) is 5.89 Å². The molecule has 0 amide bonds. The van der Waals surface area contributed by atoms with E-state index < -0.39 is 0 Å². The van der Waals surface area contributed by atoms with E-state index in [1.807, 2.05) is 43.5 Å². The molecule has 0 saturated heterocycles. The molecule has 5 heteroatoms. The molecule has 3 aromatic rings. The van der Waals surface area contributed by atoms with Gasteiger partial charge in [-0.3, -0.25) is 4.98 Å². The van der Waals surface area contributed by atoms with Gasteiger partial charge in [-0.2, -0.15) is 0 Å². The molecule has 0 saturated carbocycles. The van der Waals surface area contributed by atoms with Crippen LogP contribution in [0.5, 0.6) is 0 Å². The standard InChI is InChI=1S/C15H14N4O/c1-11-7-13(15-19-18-10-20-15)4-5-14(11)17-9-12-3-2-6-16-8-12/h2-8,10,17H,9H2,1H3. The molecule has 2 aromatic heterocycles. The van der Waals surface area contributed by atoms with Crippen molar-refractivity contribution in [2.75, 3.05) is 5.32 Å². The normalized spacial score (nSPS) is 10.4. The first-order chi connectivity index (χ1) is 9.83. The lowest BCUT2D eigenvalue weighted by Crippen LogP contribution is -2.01. The molecular formula is C15H14N4O. The first kappa shape index (κ1) is 12.3. The molecule has 0 aliphatic heterocycles. The van der Waals surface area contributed by atoms with Crippen molar-refractivity contribution in [1.82, 2.24) is 15.2 Å². The van der Waals surface area contributed by atoms with E-state index in [4.69, 9.17) is 4.42 Å². The highest BCUT2D eigenvalue weighted by molar-refractivity contribution is 5.62. The minimum Gasteiger partial charge on any atom is -0.423 e. The Hall–Kier alpha value is -2.69.